The van der Waals surface area contributed by atoms with Crippen LogP contribution < -0.4 is 4.74 Å². The molecule has 2 aromatic rings. The molecule has 0 aliphatic carbocycles. The van der Waals surface area contributed by atoms with Gasteiger partial charge in [0.1, 0.15) is 3.70 Å². The van der Waals surface area contributed by atoms with Crippen LogP contribution in [0.25, 0.3) is 0 Å². The summed E-state index contributed by atoms with van der Waals surface area (Å²) in [6.07, 6.45) is 1.67. The van der Waals surface area contributed by atoms with Gasteiger partial charge in [-0.1, -0.05) is 23.7 Å². The zero-order valence-electron chi connectivity index (χ0n) is 8.95. The molecular weight excluding hydrogens is 357 g/mol. The molecule has 1 heterocycles. The first-order chi connectivity index (χ1) is 8.11. The van der Waals surface area contributed by atoms with Crippen LogP contribution in [0.1, 0.15) is 5.56 Å². The molecule has 0 bridgehead atoms. The van der Waals surface area contributed by atoms with E-state index < -0.39 is 0 Å². The van der Waals surface area contributed by atoms with E-state index in [2.05, 4.69) is 5.10 Å². The number of methoxy groups -OCH3 is 1. The number of hydrogen-bond donors (Lipinski definition) is 0. The third-order valence-corrected chi connectivity index (χ3v) is 3.66. The molecule has 0 unspecified atom stereocenters. The van der Waals surface area contributed by atoms with E-state index in [9.17, 15) is 4.39 Å². The Kier molecular flexibility index (Phi) is 3.88. The summed E-state index contributed by atoms with van der Waals surface area (Å²) >= 11 is 7.91. The molecule has 3 nitrogen and oxygen atoms in total. The smallest absolute Gasteiger partial charge is 0.170 e. The average Bonchev–Trinajstić information content (AvgIpc) is 2.61. The monoisotopic (exact) mass is 366 g/mol. The Balaban J connectivity index is 2.30. The van der Waals surface area contributed by atoms with Crippen LogP contribution in [0.4, 0.5) is 4.39 Å². The molecule has 1 aromatic heterocycles. The second-order valence-corrected chi connectivity index (χ2v) is 4.83. The zero-order valence-corrected chi connectivity index (χ0v) is 11.9. The van der Waals surface area contributed by atoms with Crippen LogP contribution >= 0.6 is 34.2 Å². The number of benzene rings is 1. The average molecular weight is 367 g/mol. The summed E-state index contributed by atoms with van der Waals surface area (Å²) in [4.78, 5) is 0. The maximum atomic E-state index is 13.9. The van der Waals surface area contributed by atoms with E-state index in [0.717, 1.165) is 0 Å². The van der Waals surface area contributed by atoms with Gasteiger partial charge in [0.25, 0.3) is 0 Å². The predicted octanol–water partition coefficient (Wildman–Crippen LogP) is 3.34. The Bertz CT molecular complexity index is 525. The summed E-state index contributed by atoms with van der Waals surface area (Å²) in [5, 5.41) is 4.73. The second kappa shape index (κ2) is 5.22. The van der Waals surface area contributed by atoms with Crippen molar-refractivity contribution in [1.82, 2.24) is 9.78 Å². The summed E-state index contributed by atoms with van der Waals surface area (Å²) in [7, 11) is 1.44. The first-order valence-electron chi connectivity index (χ1n) is 4.81. The first-order valence-corrected chi connectivity index (χ1v) is 6.27. The SMILES string of the molecule is COc1cccc(Cn2cc(Cl)c(I)n2)c1F. The fraction of sp³-hybridized carbons (Fsp3) is 0.182. The van der Waals surface area contributed by atoms with Crippen molar-refractivity contribution >= 4 is 34.2 Å². The van der Waals surface area contributed by atoms with Crippen molar-refractivity contribution in [3.05, 3.63) is 44.5 Å². The van der Waals surface area contributed by atoms with Gasteiger partial charge in [-0.15, -0.1) is 0 Å². The minimum Gasteiger partial charge on any atom is -0.494 e. The highest BCUT2D eigenvalue weighted by Gasteiger charge is 2.10. The van der Waals surface area contributed by atoms with Crippen molar-refractivity contribution in [2.45, 2.75) is 6.54 Å². The topological polar surface area (TPSA) is 27.1 Å². The van der Waals surface area contributed by atoms with Crippen molar-refractivity contribution in [2.75, 3.05) is 7.11 Å². The van der Waals surface area contributed by atoms with Crippen molar-refractivity contribution in [2.24, 2.45) is 0 Å². The Hall–Kier alpha value is -0.820. The predicted molar refractivity (Wildman–Crippen MR) is 72.0 cm³/mol. The number of rotatable bonds is 3. The van der Waals surface area contributed by atoms with Gasteiger partial charge in [0.2, 0.25) is 0 Å². The number of ether oxygens (including phenoxy) is 1. The van der Waals surface area contributed by atoms with Crippen LogP contribution in [0.2, 0.25) is 5.02 Å². The van der Waals surface area contributed by atoms with Gasteiger partial charge in [-0.05, 0) is 28.7 Å². The van der Waals surface area contributed by atoms with E-state index in [0.29, 0.717) is 20.8 Å². The molecule has 0 atom stereocenters. The molecule has 0 saturated heterocycles. The fourth-order valence-electron chi connectivity index (χ4n) is 1.47. The summed E-state index contributed by atoms with van der Waals surface area (Å²) in [5.74, 6) is -0.132. The standard InChI is InChI=1S/C11H9ClFIN2O/c1-17-9-4-2-3-7(10(9)13)5-16-6-8(12)11(14)15-16/h2-4,6H,5H2,1H3. The lowest BCUT2D eigenvalue weighted by molar-refractivity contribution is 0.383. The molecular formula is C11H9ClFIN2O. The second-order valence-electron chi connectivity index (χ2n) is 3.40. The highest BCUT2D eigenvalue weighted by Crippen LogP contribution is 2.22. The minimum atomic E-state index is -0.364. The van der Waals surface area contributed by atoms with Gasteiger partial charge in [-0.2, -0.15) is 5.10 Å². The van der Waals surface area contributed by atoms with E-state index in [1.807, 2.05) is 22.6 Å². The molecule has 0 spiro atoms. The molecule has 0 fully saturated rings. The Morgan fingerprint density at radius 3 is 2.88 bits per heavy atom. The van der Waals surface area contributed by atoms with Crippen LogP contribution in [-0.4, -0.2) is 16.9 Å². The van der Waals surface area contributed by atoms with Gasteiger partial charge in [-0.3, -0.25) is 4.68 Å². The molecule has 1 aromatic carbocycles. The maximum Gasteiger partial charge on any atom is 0.170 e. The molecule has 0 aliphatic heterocycles. The van der Waals surface area contributed by atoms with E-state index in [4.69, 9.17) is 16.3 Å². The van der Waals surface area contributed by atoms with Crippen LogP contribution in [0, 0.1) is 9.52 Å². The normalized spacial score (nSPS) is 10.6. The maximum absolute atomic E-state index is 13.9. The Labute approximate surface area is 117 Å². The summed E-state index contributed by atoms with van der Waals surface area (Å²) in [6.45, 7) is 0.325. The molecule has 0 radical (unpaired) electrons. The zero-order chi connectivity index (χ0) is 12.4. The van der Waals surface area contributed by atoms with E-state index >= 15 is 0 Å². The fourth-order valence-corrected chi connectivity index (χ4v) is 2.03. The lowest BCUT2D eigenvalue weighted by Crippen LogP contribution is -2.03. The molecule has 2 rings (SSSR count). The molecule has 90 valence electrons. The molecule has 0 amide bonds. The summed E-state index contributed by atoms with van der Waals surface area (Å²) < 4.78 is 21.1. The van der Waals surface area contributed by atoms with E-state index in [1.54, 1.807) is 29.1 Å². The molecule has 6 heteroatoms. The van der Waals surface area contributed by atoms with E-state index in [1.165, 1.54) is 7.11 Å². The van der Waals surface area contributed by atoms with Gasteiger partial charge in [0.05, 0.1) is 18.7 Å². The third-order valence-electron chi connectivity index (χ3n) is 2.27. The van der Waals surface area contributed by atoms with Crippen molar-refractivity contribution in [1.29, 1.82) is 0 Å². The lowest BCUT2D eigenvalue weighted by Gasteiger charge is -2.07. The Morgan fingerprint density at radius 2 is 2.29 bits per heavy atom. The van der Waals surface area contributed by atoms with E-state index in [-0.39, 0.29) is 11.6 Å². The number of aromatic nitrogens is 2. The van der Waals surface area contributed by atoms with Gasteiger partial charge in [0, 0.05) is 11.8 Å². The molecule has 0 aliphatic rings. The number of halogens is 3. The summed E-state index contributed by atoms with van der Waals surface area (Å²) in [5.41, 5.74) is 0.514. The molecule has 17 heavy (non-hydrogen) atoms. The van der Waals surface area contributed by atoms with Gasteiger partial charge < -0.3 is 4.74 Å². The highest BCUT2D eigenvalue weighted by atomic mass is 127. The Morgan fingerprint density at radius 1 is 1.53 bits per heavy atom. The molecule has 0 N–H and O–H groups in total. The van der Waals surface area contributed by atoms with Crippen molar-refractivity contribution < 1.29 is 9.13 Å². The summed E-state index contributed by atoms with van der Waals surface area (Å²) in [6, 6.07) is 5.02. The van der Waals surface area contributed by atoms with Gasteiger partial charge in [0.15, 0.2) is 11.6 Å². The number of hydrogen-bond acceptors (Lipinski definition) is 2. The van der Waals surface area contributed by atoms with Crippen LogP contribution in [-0.2, 0) is 6.54 Å². The van der Waals surface area contributed by atoms with Gasteiger partial charge >= 0.3 is 0 Å². The highest BCUT2D eigenvalue weighted by molar-refractivity contribution is 14.1. The number of nitrogens with zero attached hydrogens (tertiary/aromatic N) is 2. The van der Waals surface area contributed by atoms with Crippen LogP contribution in [0.3, 0.4) is 0 Å². The first kappa shape index (κ1) is 12.6. The third kappa shape index (κ3) is 2.71. The van der Waals surface area contributed by atoms with Gasteiger partial charge in [-0.25, -0.2) is 4.39 Å². The lowest BCUT2D eigenvalue weighted by atomic mass is 10.2. The molecule has 0 saturated carbocycles. The van der Waals surface area contributed by atoms with Crippen LogP contribution in [0.15, 0.2) is 24.4 Å². The van der Waals surface area contributed by atoms with Crippen LogP contribution in [0.5, 0.6) is 5.75 Å². The largest absolute Gasteiger partial charge is 0.494 e. The minimum absolute atomic E-state index is 0.232. The van der Waals surface area contributed by atoms with Crippen molar-refractivity contribution in [3.8, 4) is 5.75 Å². The van der Waals surface area contributed by atoms with Crippen molar-refractivity contribution in [3.63, 3.8) is 0 Å². The quantitative estimate of drug-likeness (QED) is 0.779.